The lowest BCUT2D eigenvalue weighted by Crippen LogP contribution is -2.32. The molecule has 0 unspecified atom stereocenters. The fourth-order valence-electron chi connectivity index (χ4n) is 8.85. The minimum atomic E-state index is -0.401. The van der Waals surface area contributed by atoms with E-state index in [0.717, 1.165) is 28.1 Å². The zero-order valence-electron chi connectivity index (χ0n) is 30.4. The number of rotatable bonds is 5. The maximum Gasteiger partial charge on any atom is 0.160 e. The second kappa shape index (κ2) is 13.2. The molecule has 56 heavy (non-hydrogen) atoms. The van der Waals surface area contributed by atoms with Gasteiger partial charge in [-0.05, 0) is 67.8 Å². The van der Waals surface area contributed by atoms with Crippen LogP contribution in [0.5, 0.6) is 0 Å². The first kappa shape index (κ1) is 32.6. The molecule has 2 aliphatic rings. The van der Waals surface area contributed by atoms with Gasteiger partial charge < -0.3 is 0 Å². The maximum atomic E-state index is 5.18. The molecular formula is C53H34N2S. The largest absolute Gasteiger partial charge is 0.228 e. The molecule has 11 rings (SSSR count). The normalized spacial score (nSPS) is 13.1. The number of hydrogen-bond donors (Lipinski definition) is 0. The van der Waals surface area contributed by atoms with E-state index in [2.05, 4.69) is 194 Å². The summed E-state index contributed by atoms with van der Waals surface area (Å²) in [5, 5.41) is 0. The minimum absolute atomic E-state index is 0.401. The molecule has 0 N–H and O–H groups in total. The van der Waals surface area contributed by atoms with Crippen LogP contribution in [0.25, 0.3) is 67.3 Å². The SMILES string of the molecule is c1ccc(-c2ccc(-c3cc(-c4ccccc4)nc(-c4ccc(-c5cccc6c5Sc5ccccc5C65c6ccccc6-c6ccccc65)cc4)n3)cc2)cc1. The van der Waals surface area contributed by atoms with Gasteiger partial charge in [-0.25, -0.2) is 9.97 Å². The van der Waals surface area contributed by atoms with Crippen molar-refractivity contribution in [2.75, 3.05) is 0 Å². The van der Waals surface area contributed by atoms with Crippen molar-refractivity contribution in [3.63, 3.8) is 0 Å². The standard InChI is InChI=1S/C53H34N2S/c1-3-14-35(15-4-1)36-26-30-39(31-27-36)49-34-48(38-16-5-2-6-17-38)54-52(55-49)40-32-28-37(29-33-40)41-20-13-24-47-51(41)56-50-25-12-11-23-46(50)53(47)44-21-9-7-18-42(44)43-19-8-10-22-45(43)53/h1-34H. The fourth-order valence-corrected chi connectivity index (χ4v) is 10.2. The molecule has 1 spiro atoms. The molecule has 3 heteroatoms. The zero-order valence-corrected chi connectivity index (χ0v) is 31.2. The van der Waals surface area contributed by atoms with Gasteiger partial charge in [0, 0.05) is 26.5 Å². The summed E-state index contributed by atoms with van der Waals surface area (Å²) in [5.74, 6) is 0.705. The van der Waals surface area contributed by atoms with Gasteiger partial charge in [0.05, 0.1) is 16.8 Å². The summed E-state index contributed by atoms with van der Waals surface area (Å²) >= 11 is 1.89. The Morgan fingerprint density at radius 3 is 1.43 bits per heavy atom. The number of hydrogen-bond acceptors (Lipinski definition) is 3. The third-order valence-corrected chi connectivity index (χ3v) is 12.6. The van der Waals surface area contributed by atoms with E-state index in [1.54, 1.807) is 0 Å². The molecule has 0 fully saturated rings. The average Bonchev–Trinajstić information content (AvgIpc) is 3.57. The Balaban J connectivity index is 1.02. The summed E-state index contributed by atoms with van der Waals surface area (Å²) < 4.78 is 0. The van der Waals surface area contributed by atoms with Gasteiger partial charge in [0.15, 0.2) is 5.82 Å². The zero-order chi connectivity index (χ0) is 37.1. The van der Waals surface area contributed by atoms with Gasteiger partial charge >= 0.3 is 0 Å². The highest BCUT2D eigenvalue weighted by molar-refractivity contribution is 7.99. The van der Waals surface area contributed by atoms with Crippen molar-refractivity contribution in [1.82, 2.24) is 9.97 Å². The van der Waals surface area contributed by atoms with E-state index in [1.807, 2.05) is 23.9 Å². The Morgan fingerprint density at radius 1 is 0.321 bits per heavy atom. The molecule has 0 atom stereocenters. The van der Waals surface area contributed by atoms with Crippen LogP contribution in [0.4, 0.5) is 0 Å². The van der Waals surface area contributed by atoms with Crippen molar-refractivity contribution in [3.8, 4) is 67.3 Å². The first-order chi connectivity index (χ1) is 27.8. The summed E-state index contributed by atoms with van der Waals surface area (Å²) in [5.41, 5.74) is 17.3. The lowest BCUT2D eigenvalue weighted by molar-refractivity contribution is 0.723. The lowest BCUT2D eigenvalue weighted by Gasteiger charge is -2.40. The minimum Gasteiger partial charge on any atom is -0.228 e. The molecule has 1 aromatic heterocycles. The van der Waals surface area contributed by atoms with Gasteiger partial charge in [0.2, 0.25) is 0 Å². The van der Waals surface area contributed by atoms with E-state index in [9.17, 15) is 0 Å². The molecule has 0 saturated carbocycles. The summed E-state index contributed by atoms with van der Waals surface area (Å²) in [7, 11) is 0. The van der Waals surface area contributed by atoms with E-state index in [4.69, 9.17) is 9.97 Å². The summed E-state index contributed by atoms with van der Waals surface area (Å²) in [6.07, 6.45) is 0. The molecule has 262 valence electrons. The maximum absolute atomic E-state index is 5.18. The molecule has 2 nitrogen and oxygen atoms in total. The van der Waals surface area contributed by atoms with E-state index in [1.165, 1.54) is 65.4 Å². The Morgan fingerprint density at radius 2 is 0.768 bits per heavy atom. The van der Waals surface area contributed by atoms with Crippen molar-refractivity contribution >= 4 is 11.8 Å². The van der Waals surface area contributed by atoms with Crippen LogP contribution in [-0.4, -0.2) is 9.97 Å². The lowest BCUT2D eigenvalue weighted by atomic mass is 9.67. The van der Waals surface area contributed by atoms with Crippen LogP contribution < -0.4 is 0 Å². The number of fused-ring (bicyclic) bond motifs is 9. The fraction of sp³-hybridized carbons (Fsp3) is 0.0189. The van der Waals surface area contributed by atoms with Crippen LogP contribution in [0.3, 0.4) is 0 Å². The first-order valence-electron chi connectivity index (χ1n) is 19.1. The molecule has 0 bridgehead atoms. The number of benzene rings is 8. The molecule has 0 radical (unpaired) electrons. The van der Waals surface area contributed by atoms with Crippen molar-refractivity contribution in [2.45, 2.75) is 15.2 Å². The Kier molecular flexibility index (Phi) is 7.68. The van der Waals surface area contributed by atoms with Crippen LogP contribution >= 0.6 is 11.8 Å². The first-order valence-corrected chi connectivity index (χ1v) is 19.9. The third-order valence-electron chi connectivity index (χ3n) is 11.4. The second-order valence-corrected chi connectivity index (χ2v) is 15.5. The summed E-state index contributed by atoms with van der Waals surface area (Å²) in [6.45, 7) is 0. The topological polar surface area (TPSA) is 25.8 Å². The van der Waals surface area contributed by atoms with E-state index < -0.39 is 5.41 Å². The predicted molar refractivity (Wildman–Crippen MR) is 231 cm³/mol. The van der Waals surface area contributed by atoms with Gasteiger partial charge in [0.1, 0.15) is 0 Å². The third kappa shape index (κ3) is 5.12. The van der Waals surface area contributed by atoms with Crippen molar-refractivity contribution < 1.29 is 0 Å². The highest BCUT2D eigenvalue weighted by Gasteiger charge is 2.50. The Labute approximate surface area is 331 Å². The van der Waals surface area contributed by atoms with Crippen LogP contribution in [0.1, 0.15) is 22.3 Å². The Hall–Kier alpha value is -6.81. The van der Waals surface area contributed by atoms with Crippen molar-refractivity contribution in [2.24, 2.45) is 0 Å². The summed E-state index contributed by atoms with van der Waals surface area (Å²) in [4.78, 5) is 12.9. The molecule has 1 aliphatic carbocycles. The highest BCUT2D eigenvalue weighted by atomic mass is 32.2. The van der Waals surface area contributed by atoms with Crippen LogP contribution in [0, 0.1) is 0 Å². The van der Waals surface area contributed by atoms with Gasteiger partial charge in [-0.1, -0.05) is 206 Å². The van der Waals surface area contributed by atoms with E-state index >= 15 is 0 Å². The van der Waals surface area contributed by atoms with Gasteiger partial charge in [-0.2, -0.15) is 0 Å². The second-order valence-electron chi connectivity index (χ2n) is 14.5. The quantitative estimate of drug-likeness (QED) is 0.176. The van der Waals surface area contributed by atoms with Crippen LogP contribution in [0.2, 0.25) is 0 Å². The summed E-state index contributed by atoms with van der Waals surface area (Å²) in [6, 6.07) is 74.3. The Bertz CT molecular complexity index is 2870. The molecule has 0 saturated heterocycles. The number of aromatic nitrogens is 2. The smallest absolute Gasteiger partial charge is 0.160 e. The highest BCUT2D eigenvalue weighted by Crippen LogP contribution is 2.63. The predicted octanol–water partition coefficient (Wildman–Crippen LogP) is 13.6. The van der Waals surface area contributed by atoms with Gasteiger partial charge in [-0.15, -0.1) is 0 Å². The van der Waals surface area contributed by atoms with Crippen LogP contribution in [0.15, 0.2) is 216 Å². The number of nitrogens with zero attached hydrogens (tertiary/aromatic N) is 2. The molecule has 9 aromatic rings. The van der Waals surface area contributed by atoms with Crippen LogP contribution in [-0.2, 0) is 5.41 Å². The molecule has 1 aliphatic heterocycles. The molecule has 8 aromatic carbocycles. The van der Waals surface area contributed by atoms with Crippen molar-refractivity contribution in [3.05, 3.63) is 229 Å². The monoisotopic (exact) mass is 730 g/mol. The van der Waals surface area contributed by atoms with E-state index in [0.29, 0.717) is 5.82 Å². The van der Waals surface area contributed by atoms with Gasteiger partial charge in [0.25, 0.3) is 0 Å². The molecule has 0 amide bonds. The van der Waals surface area contributed by atoms with Gasteiger partial charge in [-0.3, -0.25) is 0 Å². The average molecular weight is 731 g/mol. The van der Waals surface area contributed by atoms with E-state index in [-0.39, 0.29) is 0 Å². The molecule has 2 heterocycles. The van der Waals surface area contributed by atoms with Crippen molar-refractivity contribution in [1.29, 1.82) is 0 Å². The molecular weight excluding hydrogens is 697 g/mol.